The van der Waals surface area contributed by atoms with Gasteiger partial charge in [0.1, 0.15) is 0 Å². The first kappa shape index (κ1) is 9.65. The lowest BCUT2D eigenvalue weighted by Gasteiger charge is -1.98. The lowest BCUT2D eigenvalue weighted by molar-refractivity contribution is 0.0698. The standard InChI is InChI=1S/C9H4N2O3/c10-4-6-1-2-7(9(13)14)8(3-6)11-5-12/h1-3H,(H,13,14). The molecule has 1 N–H and O–H groups in total. The summed E-state index contributed by atoms with van der Waals surface area (Å²) in [6.07, 6.45) is 1.23. The second-order valence-electron chi connectivity index (χ2n) is 2.35. The molecule has 0 aromatic heterocycles. The van der Waals surface area contributed by atoms with Crippen LogP contribution in [0, 0.1) is 11.3 Å². The van der Waals surface area contributed by atoms with Crippen molar-refractivity contribution in [3.63, 3.8) is 0 Å². The third-order valence-corrected chi connectivity index (χ3v) is 1.52. The molecule has 0 heterocycles. The molecule has 0 bridgehead atoms. The van der Waals surface area contributed by atoms with Crippen LogP contribution in [0.1, 0.15) is 15.9 Å². The van der Waals surface area contributed by atoms with Crippen LogP contribution in [0.25, 0.3) is 0 Å². The second-order valence-corrected chi connectivity index (χ2v) is 2.35. The molecule has 0 aliphatic heterocycles. The predicted molar refractivity (Wildman–Crippen MR) is 45.9 cm³/mol. The fourth-order valence-corrected chi connectivity index (χ4v) is 0.924. The number of nitriles is 1. The van der Waals surface area contributed by atoms with E-state index in [0.717, 1.165) is 0 Å². The van der Waals surface area contributed by atoms with Crippen LogP contribution in [0.2, 0.25) is 0 Å². The van der Waals surface area contributed by atoms with Crippen LogP contribution >= 0.6 is 0 Å². The molecule has 0 atom stereocenters. The normalized spacial score (nSPS) is 8.50. The smallest absolute Gasteiger partial charge is 0.337 e. The molecule has 0 saturated carbocycles. The first-order valence-electron chi connectivity index (χ1n) is 3.54. The number of hydrogen-bond donors (Lipinski definition) is 1. The van der Waals surface area contributed by atoms with Crippen LogP contribution in [-0.2, 0) is 4.79 Å². The summed E-state index contributed by atoms with van der Waals surface area (Å²) in [6.45, 7) is 0. The summed E-state index contributed by atoms with van der Waals surface area (Å²) < 4.78 is 0. The Morgan fingerprint density at radius 3 is 2.71 bits per heavy atom. The van der Waals surface area contributed by atoms with Crippen molar-refractivity contribution in [1.82, 2.24) is 0 Å². The van der Waals surface area contributed by atoms with Gasteiger partial charge >= 0.3 is 5.97 Å². The minimum absolute atomic E-state index is 0.0634. The highest BCUT2D eigenvalue weighted by Crippen LogP contribution is 2.20. The molecule has 0 saturated heterocycles. The van der Waals surface area contributed by atoms with Crippen molar-refractivity contribution in [1.29, 1.82) is 5.26 Å². The number of hydrogen-bond acceptors (Lipinski definition) is 4. The highest BCUT2D eigenvalue weighted by molar-refractivity contribution is 5.94. The van der Waals surface area contributed by atoms with Crippen molar-refractivity contribution in [2.75, 3.05) is 0 Å². The maximum Gasteiger partial charge on any atom is 0.337 e. The number of aliphatic imine (C=N–C) groups is 1. The zero-order valence-electron chi connectivity index (χ0n) is 6.89. The van der Waals surface area contributed by atoms with Crippen LogP contribution in [0.15, 0.2) is 23.2 Å². The number of carbonyl (C=O) groups is 1. The summed E-state index contributed by atoms with van der Waals surface area (Å²) in [7, 11) is 0. The van der Waals surface area contributed by atoms with Gasteiger partial charge in [-0.1, -0.05) is 0 Å². The number of isocyanates is 1. The fourth-order valence-electron chi connectivity index (χ4n) is 0.924. The Morgan fingerprint density at radius 2 is 2.21 bits per heavy atom. The van der Waals surface area contributed by atoms with E-state index in [1.165, 1.54) is 24.3 Å². The first-order valence-corrected chi connectivity index (χ1v) is 3.54. The van der Waals surface area contributed by atoms with Gasteiger partial charge in [0.25, 0.3) is 0 Å². The molecular weight excluding hydrogens is 184 g/mol. The maximum atomic E-state index is 10.6. The number of aromatic carboxylic acids is 1. The highest BCUT2D eigenvalue weighted by atomic mass is 16.4. The fraction of sp³-hybridized carbons (Fsp3) is 0. The van der Waals surface area contributed by atoms with Crippen LogP contribution < -0.4 is 0 Å². The van der Waals surface area contributed by atoms with E-state index in [-0.39, 0.29) is 16.8 Å². The van der Waals surface area contributed by atoms with Crippen molar-refractivity contribution < 1.29 is 14.7 Å². The van der Waals surface area contributed by atoms with E-state index in [0.29, 0.717) is 0 Å². The Morgan fingerprint density at radius 1 is 1.50 bits per heavy atom. The Balaban J connectivity index is 3.39. The number of carboxylic acid groups (broad SMARTS) is 1. The van der Waals surface area contributed by atoms with Crippen molar-refractivity contribution >= 4 is 17.7 Å². The first-order chi connectivity index (χ1) is 6.69. The molecular formula is C9H4N2O3. The Bertz CT molecular complexity index is 467. The van der Waals surface area contributed by atoms with Gasteiger partial charge in [0.2, 0.25) is 6.08 Å². The molecule has 0 radical (unpaired) electrons. The van der Waals surface area contributed by atoms with E-state index >= 15 is 0 Å². The SMILES string of the molecule is N#Cc1ccc(C(=O)O)c(N=C=O)c1. The number of rotatable bonds is 2. The third kappa shape index (κ3) is 1.83. The average Bonchev–Trinajstić information content (AvgIpc) is 2.17. The summed E-state index contributed by atoms with van der Waals surface area (Å²) in [4.78, 5) is 23.8. The van der Waals surface area contributed by atoms with Crippen LogP contribution in [-0.4, -0.2) is 17.2 Å². The van der Waals surface area contributed by atoms with Gasteiger partial charge < -0.3 is 5.11 Å². The summed E-state index contributed by atoms with van der Waals surface area (Å²) >= 11 is 0. The molecule has 0 fully saturated rings. The molecule has 1 aromatic rings. The van der Waals surface area contributed by atoms with Gasteiger partial charge in [0, 0.05) is 0 Å². The van der Waals surface area contributed by atoms with Gasteiger partial charge in [-0.3, -0.25) is 0 Å². The van der Waals surface area contributed by atoms with Crippen LogP contribution in [0.3, 0.4) is 0 Å². The Kier molecular flexibility index (Phi) is 2.75. The molecule has 1 rings (SSSR count). The van der Waals surface area contributed by atoms with Gasteiger partial charge in [-0.15, -0.1) is 0 Å². The summed E-state index contributed by atoms with van der Waals surface area (Å²) in [6, 6.07) is 5.59. The summed E-state index contributed by atoms with van der Waals surface area (Å²) in [5.74, 6) is -1.21. The number of benzene rings is 1. The minimum atomic E-state index is -1.21. The average molecular weight is 188 g/mol. The largest absolute Gasteiger partial charge is 0.478 e. The van der Waals surface area contributed by atoms with Crippen molar-refractivity contribution in [3.8, 4) is 6.07 Å². The minimum Gasteiger partial charge on any atom is -0.478 e. The summed E-state index contributed by atoms with van der Waals surface area (Å²) in [5.41, 5.74) is 0.0444. The van der Waals surface area contributed by atoms with E-state index in [2.05, 4.69) is 4.99 Å². The van der Waals surface area contributed by atoms with E-state index in [4.69, 9.17) is 10.4 Å². The zero-order chi connectivity index (χ0) is 10.6. The maximum absolute atomic E-state index is 10.6. The molecule has 68 valence electrons. The highest BCUT2D eigenvalue weighted by Gasteiger charge is 2.09. The summed E-state index contributed by atoms with van der Waals surface area (Å²) in [5, 5.41) is 17.2. The van der Waals surface area contributed by atoms with Gasteiger partial charge in [-0.25, -0.2) is 9.59 Å². The lowest BCUT2D eigenvalue weighted by atomic mass is 10.1. The predicted octanol–water partition coefficient (Wildman–Crippen LogP) is 1.22. The molecule has 0 spiro atoms. The molecule has 0 amide bonds. The molecule has 0 aliphatic carbocycles. The lowest BCUT2D eigenvalue weighted by Crippen LogP contribution is -1.96. The zero-order valence-corrected chi connectivity index (χ0v) is 6.89. The molecule has 0 aliphatic rings. The van der Waals surface area contributed by atoms with Gasteiger partial charge in [-0.2, -0.15) is 10.3 Å². The molecule has 14 heavy (non-hydrogen) atoms. The van der Waals surface area contributed by atoms with Gasteiger partial charge in [-0.05, 0) is 18.2 Å². The van der Waals surface area contributed by atoms with E-state index < -0.39 is 5.97 Å². The van der Waals surface area contributed by atoms with E-state index in [9.17, 15) is 9.59 Å². The molecule has 0 unspecified atom stereocenters. The van der Waals surface area contributed by atoms with E-state index in [1.807, 2.05) is 6.07 Å². The van der Waals surface area contributed by atoms with Gasteiger partial charge in [0.05, 0.1) is 22.9 Å². The number of nitrogens with zero attached hydrogens (tertiary/aromatic N) is 2. The number of carbonyl (C=O) groups excluding carboxylic acids is 1. The van der Waals surface area contributed by atoms with E-state index in [1.54, 1.807) is 0 Å². The van der Waals surface area contributed by atoms with Crippen molar-refractivity contribution in [2.24, 2.45) is 4.99 Å². The third-order valence-electron chi connectivity index (χ3n) is 1.52. The monoisotopic (exact) mass is 188 g/mol. The van der Waals surface area contributed by atoms with Crippen LogP contribution in [0.4, 0.5) is 5.69 Å². The second kappa shape index (κ2) is 3.99. The molecule has 1 aromatic carbocycles. The van der Waals surface area contributed by atoms with Crippen LogP contribution in [0.5, 0.6) is 0 Å². The van der Waals surface area contributed by atoms with Gasteiger partial charge in [0.15, 0.2) is 0 Å². The van der Waals surface area contributed by atoms with Crippen molar-refractivity contribution in [2.45, 2.75) is 0 Å². The Labute approximate surface area is 78.9 Å². The molecule has 5 nitrogen and oxygen atoms in total. The quantitative estimate of drug-likeness (QED) is 0.558. The number of carboxylic acids is 1. The molecule has 5 heteroatoms. The van der Waals surface area contributed by atoms with Crippen molar-refractivity contribution in [3.05, 3.63) is 29.3 Å². The Hall–Kier alpha value is -2.44. The topological polar surface area (TPSA) is 90.5 Å².